The Kier molecular flexibility index (Phi) is 10.6. The zero-order chi connectivity index (χ0) is 13.7. The van der Waals surface area contributed by atoms with Crippen molar-refractivity contribution in [2.24, 2.45) is 5.92 Å². The number of amides is 1. The lowest BCUT2D eigenvalue weighted by Crippen LogP contribution is -2.41. The van der Waals surface area contributed by atoms with Gasteiger partial charge in [0.05, 0.1) is 0 Å². The Morgan fingerprint density at radius 1 is 1.19 bits per heavy atom. The molecule has 21 heavy (non-hydrogen) atoms. The molecule has 4 nitrogen and oxygen atoms in total. The summed E-state index contributed by atoms with van der Waals surface area (Å²) in [5, 5.41) is 3.47. The van der Waals surface area contributed by atoms with Gasteiger partial charge in [0.2, 0.25) is 5.91 Å². The largest absolute Gasteiger partial charge is 0.343 e. The summed E-state index contributed by atoms with van der Waals surface area (Å²) in [6, 6.07) is 0.593. The first-order chi connectivity index (χ1) is 9.15. The van der Waals surface area contributed by atoms with Gasteiger partial charge in [-0.15, -0.1) is 24.8 Å². The summed E-state index contributed by atoms with van der Waals surface area (Å²) in [5.41, 5.74) is 0. The third kappa shape index (κ3) is 7.18. The van der Waals surface area contributed by atoms with E-state index in [9.17, 15) is 4.79 Å². The highest BCUT2D eigenvalue weighted by Gasteiger charge is 2.24. The zero-order valence-corrected chi connectivity index (χ0v) is 15.0. The van der Waals surface area contributed by atoms with Crippen molar-refractivity contribution >= 4 is 30.7 Å². The highest BCUT2D eigenvalue weighted by atomic mass is 35.5. The molecule has 0 aliphatic carbocycles. The van der Waals surface area contributed by atoms with Crippen molar-refractivity contribution in [1.82, 2.24) is 15.1 Å². The number of nitrogens with zero attached hydrogens (tertiary/aromatic N) is 2. The fraction of sp³-hybridized carbons (Fsp3) is 0.933. The minimum absolute atomic E-state index is 0. The molecule has 0 spiro atoms. The van der Waals surface area contributed by atoms with Crippen LogP contribution in [-0.2, 0) is 4.79 Å². The molecule has 2 rings (SSSR count). The van der Waals surface area contributed by atoms with Crippen LogP contribution in [0, 0.1) is 5.92 Å². The van der Waals surface area contributed by atoms with Gasteiger partial charge in [0.1, 0.15) is 0 Å². The van der Waals surface area contributed by atoms with Crippen molar-refractivity contribution in [3.05, 3.63) is 0 Å². The van der Waals surface area contributed by atoms with Crippen LogP contribution in [0.4, 0.5) is 0 Å². The summed E-state index contributed by atoms with van der Waals surface area (Å²) >= 11 is 0. The van der Waals surface area contributed by atoms with Crippen LogP contribution in [-0.4, -0.2) is 62.0 Å². The van der Waals surface area contributed by atoms with E-state index in [4.69, 9.17) is 0 Å². The normalized spacial score (nSPS) is 22.8. The van der Waals surface area contributed by atoms with Crippen molar-refractivity contribution in [3.8, 4) is 0 Å². The molecule has 0 aromatic rings. The number of nitrogens with one attached hydrogen (secondary N) is 1. The van der Waals surface area contributed by atoms with Gasteiger partial charge in [-0.3, -0.25) is 4.79 Å². The van der Waals surface area contributed by atoms with Gasteiger partial charge in [-0.1, -0.05) is 0 Å². The number of rotatable bonds is 5. The molecule has 126 valence electrons. The molecule has 2 heterocycles. The number of carbonyl (C=O) groups excluding carboxylic acids is 1. The van der Waals surface area contributed by atoms with E-state index in [-0.39, 0.29) is 24.8 Å². The molecule has 1 unspecified atom stereocenters. The number of piperidine rings is 1. The van der Waals surface area contributed by atoms with Gasteiger partial charge in [0.25, 0.3) is 0 Å². The molecule has 2 saturated heterocycles. The van der Waals surface area contributed by atoms with Crippen molar-refractivity contribution in [1.29, 1.82) is 0 Å². The Bertz CT molecular complexity index is 289. The van der Waals surface area contributed by atoms with Gasteiger partial charge < -0.3 is 15.1 Å². The van der Waals surface area contributed by atoms with Crippen LogP contribution in [0.25, 0.3) is 0 Å². The Morgan fingerprint density at radius 2 is 1.86 bits per heavy atom. The molecular weight excluding hydrogens is 309 g/mol. The van der Waals surface area contributed by atoms with Crippen molar-refractivity contribution in [2.75, 3.05) is 40.3 Å². The standard InChI is InChI=1S/C15H29N3O.2ClH/c1-17(2)12-13-7-10-18(11-8-13)15(19)6-5-14-4-3-9-16-14;;/h13-14,16H,3-12H2,1-2H3;2*1H. The minimum Gasteiger partial charge on any atom is -0.343 e. The summed E-state index contributed by atoms with van der Waals surface area (Å²) in [5.74, 6) is 1.15. The molecular formula is C15H31Cl2N3O. The molecule has 1 amide bonds. The number of likely N-dealkylation sites (tertiary alicyclic amines) is 1. The molecule has 2 aliphatic rings. The topological polar surface area (TPSA) is 35.6 Å². The molecule has 2 aliphatic heterocycles. The maximum Gasteiger partial charge on any atom is 0.222 e. The molecule has 1 N–H and O–H groups in total. The first-order valence-electron chi connectivity index (χ1n) is 7.81. The maximum atomic E-state index is 12.2. The molecule has 1 atom stereocenters. The fourth-order valence-electron chi connectivity index (χ4n) is 3.34. The van der Waals surface area contributed by atoms with E-state index in [2.05, 4.69) is 29.2 Å². The second-order valence-electron chi connectivity index (χ2n) is 6.42. The van der Waals surface area contributed by atoms with E-state index < -0.39 is 0 Å². The van der Waals surface area contributed by atoms with Crippen molar-refractivity contribution in [2.45, 2.75) is 44.6 Å². The third-order valence-electron chi connectivity index (χ3n) is 4.46. The summed E-state index contributed by atoms with van der Waals surface area (Å²) in [7, 11) is 4.26. The molecule has 2 fully saturated rings. The SMILES string of the molecule is CN(C)CC1CCN(C(=O)CCC2CCCN2)CC1.Cl.Cl. The van der Waals surface area contributed by atoms with Crippen molar-refractivity contribution in [3.63, 3.8) is 0 Å². The molecule has 0 saturated carbocycles. The van der Waals surface area contributed by atoms with E-state index in [1.165, 1.54) is 25.7 Å². The lowest BCUT2D eigenvalue weighted by molar-refractivity contribution is -0.132. The minimum atomic E-state index is 0. The number of halogens is 2. The van der Waals surface area contributed by atoms with Gasteiger partial charge in [0.15, 0.2) is 0 Å². The van der Waals surface area contributed by atoms with Crippen LogP contribution >= 0.6 is 24.8 Å². The monoisotopic (exact) mass is 339 g/mol. The summed E-state index contributed by atoms with van der Waals surface area (Å²) in [6.45, 7) is 4.23. The van der Waals surface area contributed by atoms with E-state index >= 15 is 0 Å². The second-order valence-corrected chi connectivity index (χ2v) is 6.42. The van der Waals surface area contributed by atoms with Gasteiger partial charge in [-0.25, -0.2) is 0 Å². The first-order valence-corrected chi connectivity index (χ1v) is 7.81. The zero-order valence-electron chi connectivity index (χ0n) is 13.3. The van der Waals surface area contributed by atoms with Gasteiger partial charge >= 0.3 is 0 Å². The van der Waals surface area contributed by atoms with Gasteiger partial charge in [-0.05, 0) is 58.7 Å². The number of hydrogen-bond acceptors (Lipinski definition) is 3. The predicted octanol–water partition coefficient (Wildman–Crippen LogP) is 2.16. The first kappa shape index (κ1) is 21.0. The quantitative estimate of drug-likeness (QED) is 0.833. The summed E-state index contributed by atoms with van der Waals surface area (Å²) in [6.07, 6.45) is 6.62. The highest BCUT2D eigenvalue weighted by Crippen LogP contribution is 2.19. The number of carbonyl (C=O) groups is 1. The average molecular weight is 340 g/mol. The van der Waals surface area contributed by atoms with E-state index in [0.717, 1.165) is 44.9 Å². The van der Waals surface area contributed by atoms with Crippen LogP contribution in [0.5, 0.6) is 0 Å². The fourth-order valence-corrected chi connectivity index (χ4v) is 3.34. The predicted molar refractivity (Wildman–Crippen MR) is 92.6 cm³/mol. The molecule has 0 radical (unpaired) electrons. The van der Waals surface area contributed by atoms with Gasteiger partial charge in [0, 0.05) is 32.1 Å². The summed E-state index contributed by atoms with van der Waals surface area (Å²) < 4.78 is 0. The van der Waals surface area contributed by atoms with Crippen LogP contribution in [0.3, 0.4) is 0 Å². The van der Waals surface area contributed by atoms with E-state index in [0.29, 0.717) is 11.9 Å². The average Bonchev–Trinajstić information content (AvgIpc) is 2.89. The lowest BCUT2D eigenvalue weighted by atomic mass is 9.96. The lowest BCUT2D eigenvalue weighted by Gasteiger charge is -2.33. The Hall–Kier alpha value is -0.0300. The summed E-state index contributed by atoms with van der Waals surface area (Å²) in [4.78, 5) is 16.5. The smallest absolute Gasteiger partial charge is 0.222 e. The van der Waals surface area contributed by atoms with Crippen LogP contribution in [0.15, 0.2) is 0 Å². The van der Waals surface area contributed by atoms with E-state index in [1.807, 2.05) is 0 Å². The van der Waals surface area contributed by atoms with Crippen LogP contribution in [0.2, 0.25) is 0 Å². The molecule has 0 aromatic carbocycles. The third-order valence-corrected chi connectivity index (χ3v) is 4.46. The van der Waals surface area contributed by atoms with Crippen LogP contribution < -0.4 is 5.32 Å². The van der Waals surface area contributed by atoms with Gasteiger partial charge in [-0.2, -0.15) is 0 Å². The Labute approximate surface area is 141 Å². The molecule has 6 heteroatoms. The van der Waals surface area contributed by atoms with E-state index in [1.54, 1.807) is 0 Å². The van der Waals surface area contributed by atoms with Crippen molar-refractivity contribution < 1.29 is 4.79 Å². The Balaban J connectivity index is 0.00000200. The highest BCUT2D eigenvalue weighted by molar-refractivity contribution is 5.85. The molecule has 0 aromatic heterocycles. The number of hydrogen-bond donors (Lipinski definition) is 1. The second kappa shape index (κ2) is 10.7. The molecule has 0 bridgehead atoms. The Morgan fingerprint density at radius 3 is 2.38 bits per heavy atom. The van der Waals surface area contributed by atoms with Crippen LogP contribution in [0.1, 0.15) is 38.5 Å². The maximum absolute atomic E-state index is 12.2.